The van der Waals surface area contributed by atoms with E-state index >= 15 is 0 Å². The molecule has 3 rings (SSSR count). The van der Waals surface area contributed by atoms with Gasteiger partial charge in [0.05, 0.1) is 0 Å². The molecule has 0 bridgehead atoms. The van der Waals surface area contributed by atoms with E-state index < -0.39 is 0 Å². The fourth-order valence-electron chi connectivity index (χ4n) is 3.15. The van der Waals surface area contributed by atoms with Crippen LogP contribution in [-0.2, 0) is 6.42 Å². The summed E-state index contributed by atoms with van der Waals surface area (Å²) in [4.78, 5) is 0. The van der Waals surface area contributed by atoms with Crippen LogP contribution in [0.25, 0.3) is 0 Å². The first-order valence-electron chi connectivity index (χ1n) is 6.34. The van der Waals surface area contributed by atoms with E-state index in [1.807, 2.05) is 0 Å². The van der Waals surface area contributed by atoms with E-state index in [0.717, 1.165) is 6.42 Å². The highest BCUT2D eigenvalue weighted by molar-refractivity contribution is 6.85. The Morgan fingerprint density at radius 2 is 1.82 bits per heavy atom. The molecule has 0 unspecified atom stereocenters. The predicted molar refractivity (Wildman–Crippen MR) is 76.1 cm³/mol. The van der Waals surface area contributed by atoms with Gasteiger partial charge in [0.1, 0.15) is 0 Å². The van der Waals surface area contributed by atoms with Crippen LogP contribution in [0.4, 0.5) is 0 Å². The molecule has 0 saturated heterocycles. The van der Waals surface area contributed by atoms with Crippen LogP contribution in [-0.4, -0.2) is 6.71 Å². The standard InChI is InChI=1S/C16H17B/c1-11-7-8-13-10-14-6-4-5-12(2)16(14)17(3)15(13)9-11/h4-9H,10H2,1-3H3. The van der Waals surface area contributed by atoms with Crippen molar-refractivity contribution in [2.75, 3.05) is 0 Å². The molecule has 0 saturated carbocycles. The van der Waals surface area contributed by atoms with Gasteiger partial charge in [-0.2, -0.15) is 0 Å². The van der Waals surface area contributed by atoms with Crippen molar-refractivity contribution in [1.82, 2.24) is 0 Å². The third-order valence-corrected chi connectivity index (χ3v) is 4.00. The Bertz CT molecular complexity index is 584. The van der Waals surface area contributed by atoms with Gasteiger partial charge in [-0.3, -0.25) is 0 Å². The summed E-state index contributed by atoms with van der Waals surface area (Å²) in [6.45, 7) is 7.29. The van der Waals surface area contributed by atoms with Gasteiger partial charge in [0.15, 0.2) is 0 Å². The third-order valence-electron chi connectivity index (χ3n) is 4.00. The molecule has 1 aliphatic rings. The minimum Gasteiger partial charge on any atom is -0.0774 e. The van der Waals surface area contributed by atoms with Crippen molar-refractivity contribution in [3.05, 3.63) is 58.7 Å². The highest BCUT2D eigenvalue weighted by atomic mass is 14.1. The van der Waals surface area contributed by atoms with E-state index in [2.05, 4.69) is 57.1 Å². The predicted octanol–water partition coefficient (Wildman–Crippen LogP) is 2.45. The van der Waals surface area contributed by atoms with Crippen molar-refractivity contribution in [2.24, 2.45) is 0 Å². The summed E-state index contributed by atoms with van der Waals surface area (Å²) in [6, 6.07) is 13.6. The highest BCUT2D eigenvalue weighted by Gasteiger charge is 2.25. The number of hydrogen-bond acceptors (Lipinski definition) is 0. The van der Waals surface area contributed by atoms with E-state index in [0.29, 0.717) is 6.71 Å². The van der Waals surface area contributed by atoms with Crippen molar-refractivity contribution >= 4 is 17.6 Å². The van der Waals surface area contributed by atoms with Gasteiger partial charge >= 0.3 is 0 Å². The van der Waals surface area contributed by atoms with Crippen molar-refractivity contribution in [3.8, 4) is 0 Å². The molecule has 1 heteroatoms. The number of fused-ring (bicyclic) bond motifs is 2. The molecular weight excluding hydrogens is 203 g/mol. The molecule has 84 valence electrons. The molecule has 1 aliphatic heterocycles. The van der Waals surface area contributed by atoms with Crippen LogP contribution >= 0.6 is 0 Å². The van der Waals surface area contributed by atoms with Crippen LogP contribution in [0.15, 0.2) is 36.4 Å². The lowest BCUT2D eigenvalue weighted by molar-refractivity contribution is 1.19. The number of aryl methyl sites for hydroxylation is 2. The average molecular weight is 220 g/mol. The van der Waals surface area contributed by atoms with Crippen LogP contribution in [0.5, 0.6) is 0 Å². The van der Waals surface area contributed by atoms with Gasteiger partial charge in [-0.15, -0.1) is 0 Å². The first-order valence-corrected chi connectivity index (χ1v) is 6.34. The van der Waals surface area contributed by atoms with Crippen LogP contribution in [0.3, 0.4) is 0 Å². The van der Waals surface area contributed by atoms with E-state index in [1.165, 1.54) is 27.7 Å². The molecule has 0 atom stereocenters. The Morgan fingerprint density at radius 3 is 2.65 bits per heavy atom. The first kappa shape index (κ1) is 10.6. The van der Waals surface area contributed by atoms with E-state index in [-0.39, 0.29) is 0 Å². The number of hydrogen-bond donors (Lipinski definition) is 0. The lowest BCUT2D eigenvalue weighted by Gasteiger charge is -2.26. The Kier molecular flexibility index (Phi) is 2.36. The Balaban J connectivity index is 2.22. The molecule has 0 amide bonds. The zero-order chi connectivity index (χ0) is 12.0. The van der Waals surface area contributed by atoms with E-state index in [4.69, 9.17) is 0 Å². The second-order valence-corrected chi connectivity index (χ2v) is 5.25. The van der Waals surface area contributed by atoms with Gasteiger partial charge in [0, 0.05) is 0 Å². The molecule has 0 aromatic heterocycles. The van der Waals surface area contributed by atoms with Gasteiger partial charge in [0.25, 0.3) is 0 Å². The molecule has 0 spiro atoms. The summed E-state index contributed by atoms with van der Waals surface area (Å²) in [6.07, 6.45) is 1.09. The summed E-state index contributed by atoms with van der Waals surface area (Å²) in [5.74, 6) is 0. The Morgan fingerprint density at radius 1 is 1.00 bits per heavy atom. The van der Waals surface area contributed by atoms with E-state index in [1.54, 1.807) is 5.46 Å². The summed E-state index contributed by atoms with van der Waals surface area (Å²) in [5, 5.41) is 0. The topological polar surface area (TPSA) is 0 Å². The number of benzene rings is 2. The normalized spacial score (nSPS) is 13.2. The van der Waals surface area contributed by atoms with Crippen molar-refractivity contribution in [2.45, 2.75) is 27.1 Å². The zero-order valence-corrected chi connectivity index (χ0v) is 10.7. The van der Waals surface area contributed by atoms with Crippen LogP contribution < -0.4 is 10.9 Å². The minimum atomic E-state index is 0.537. The maximum atomic E-state index is 2.36. The van der Waals surface area contributed by atoms with Gasteiger partial charge < -0.3 is 0 Å². The SMILES string of the molecule is CB1c2cc(C)ccc2Cc2cccc(C)c21. The lowest BCUT2D eigenvalue weighted by atomic mass is 9.38. The molecule has 0 aliphatic carbocycles. The van der Waals surface area contributed by atoms with Crippen molar-refractivity contribution < 1.29 is 0 Å². The van der Waals surface area contributed by atoms with Crippen molar-refractivity contribution in [3.63, 3.8) is 0 Å². The average Bonchev–Trinajstić information content (AvgIpc) is 2.30. The smallest absolute Gasteiger partial charge is 0.0774 e. The van der Waals surface area contributed by atoms with Gasteiger partial charge in [-0.25, -0.2) is 0 Å². The maximum Gasteiger partial charge on any atom is 0.207 e. The first-order chi connectivity index (χ1) is 8.16. The summed E-state index contributed by atoms with van der Waals surface area (Å²) in [5.41, 5.74) is 8.88. The number of rotatable bonds is 0. The highest BCUT2D eigenvalue weighted by Crippen LogP contribution is 2.16. The second-order valence-electron chi connectivity index (χ2n) is 5.25. The van der Waals surface area contributed by atoms with E-state index in [9.17, 15) is 0 Å². The van der Waals surface area contributed by atoms with Crippen molar-refractivity contribution in [1.29, 1.82) is 0 Å². The fraction of sp³-hybridized carbons (Fsp3) is 0.250. The molecule has 0 radical (unpaired) electrons. The molecule has 1 heterocycles. The monoisotopic (exact) mass is 220 g/mol. The molecule has 0 fully saturated rings. The van der Waals surface area contributed by atoms with Crippen LogP contribution in [0, 0.1) is 13.8 Å². The summed E-state index contributed by atoms with van der Waals surface area (Å²) < 4.78 is 0. The largest absolute Gasteiger partial charge is 0.207 e. The van der Waals surface area contributed by atoms with Gasteiger partial charge in [-0.1, -0.05) is 65.3 Å². The maximum absolute atomic E-state index is 2.36. The molecule has 17 heavy (non-hydrogen) atoms. The molecular formula is C16H17B. The minimum absolute atomic E-state index is 0.537. The summed E-state index contributed by atoms with van der Waals surface area (Å²) >= 11 is 0. The van der Waals surface area contributed by atoms with Crippen LogP contribution in [0.2, 0.25) is 6.82 Å². The molecule has 2 aromatic carbocycles. The second kappa shape index (κ2) is 3.77. The Labute approximate surface area is 104 Å². The van der Waals surface area contributed by atoms with Gasteiger partial charge in [0.2, 0.25) is 6.71 Å². The quantitative estimate of drug-likeness (QED) is 0.598. The fourth-order valence-corrected chi connectivity index (χ4v) is 3.15. The molecule has 0 nitrogen and oxygen atoms in total. The molecule has 0 N–H and O–H groups in total. The van der Waals surface area contributed by atoms with Crippen LogP contribution in [0.1, 0.15) is 22.3 Å². The van der Waals surface area contributed by atoms with Gasteiger partial charge in [-0.05, 0) is 31.4 Å². The summed E-state index contributed by atoms with van der Waals surface area (Å²) in [7, 11) is 0. The Hall–Kier alpha value is -1.50. The third kappa shape index (κ3) is 1.61. The zero-order valence-electron chi connectivity index (χ0n) is 10.7. The molecule has 2 aromatic rings. The lowest BCUT2D eigenvalue weighted by Crippen LogP contribution is -2.48.